The minimum Gasteiger partial charge on any atom is -0.480 e. The highest BCUT2D eigenvalue weighted by Gasteiger charge is 2.44. The second kappa shape index (κ2) is 13.2. The van der Waals surface area contributed by atoms with E-state index in [0.717, 1.165) is 61.4 Å². The van der Waals surface area contributed by atoms with Crippen molar-refractivity contribution in [2.75, 3.05) is 32.7 Å². The summed E-state index contributed by atoms with van der Waals surface area (Å²) in [6.45, 7) is 12.4. The van der Waals surface area contributed by atoms with E-state index in [-0.39, 0.29) is 17.7 Å². The van der Waals surface area contributed by atoms with Crippen molar-refractivity contribution in [3.63, 3.8) is 0 Å². The fourth-order valence-electron chi connectivity index (χ4n) is 7.41. The van der Waals surface area contributed by atoms with Gasteiger partial charge in [-0.2, -0.15) is 18.3 Å². The van der Waals surface area contributed by atoms with Crippen LogP contribution in [0.4, 0.5) is 17.6 Å². The maximum absolute atomic E-state index is 14.3. The minimum atomic E-state index is -4.35. The van der Waals surface area contributed by atoms with Gasteiger partial charge in [-0.05, 0) is 85.6 Å². The summed E-state index contributed by atoms with van der Waals surface area (Å²) in [7, 11) is 0. The molecule has 0 saturated carbocycles. The maximum atomic E-state index is 14.3. The molecule has 2 saturated heterocycles. The van der Waals surface area contributed by atoms with Crippen LogP contribution in [0.25, 0.3) is 0 Å². The third kappa shape index (κ3) is 7.77. The van der Waals surface area contributed by atoms with Crippen molar-refractivity contribution >= 4 is 5.97 Å². The Labute approximate surface area is 263 Å². The largest absolute Gasteiger partial charge is 0.480 e. The van der Waals surface area contributed by atoms with Crippen LogP contribution >= 0.6 is 0 Å². The van der Waals surface area contributed by atoms with Crippen LogP contribution in [0.5, 0.6) is 0 Å². The Morgan fingerprint density at radius 1 is 1.02 bits per heavy atom. The van der Waals surface area contributed by atoms with Crippen molar-refractivity contribution in [3.05, 3.63) is 88.5 Å². The Kier molecular flexibility index (Phi) is 9.75. The average molecular weight is 629 g/mol. The number of halogens is 4. The fraction of sp³-hybridized carbons (Fsp3) is 0.543. The third-order valence-electron chi connectivity index (χ3n) is 9.49. The smallest absolute Gasteiger partial charge is 0.416 e. The van der Waals surface area contributed by atoms with E-state index >= 15 is 0 Å². The summed E-state index contributed by atoms with van der Waals surface area (Å²) in [5.41, 5.74) is 2.63. The van der Waals surface area contributed by atoms with Crippen LogP contribution in [0.15, 0.2) is 54.6 Å². The Bertz CT molecular complexity index is 1460. The molecule has 6 nitrogen and oxygen atoms in total. The molecule has 0 radical (unpaired) electrons. The highest BCUT2D eigenvalue weighted by atomic mass is 19.4. The van der Waals surface area contributed by atoms with Crippen molar-refractivity contribution in [1.29, 1.82) is 0 Å². The molecular weight excluding hydrogens is 584 g/mol. The van der Waals surface area contributed by atoms with E-state index in [9.17, 15) is 27.5 Å². The topological polar surface area (TPSA) is 61.6 Å². The number of piperidine rings is 1. The van der Waals surface area contributed by atoms with Crippen molar-refractivity contribution in [1.82, 2.24) is 19.6 Å². The highest BCUT2D eigenvalue weighted by Crippen LogP contribution is 2.39. The Hall–Kier alpha value is -3.24. The lowest BCUT2D eigenvalue weighted by Gasteiger charge is -2.36. The zero-order chi connectivity index (χ0) is 32.5. The van der Waals surface area contributed by atoms with Crippen LogP contribution in [0, 0.1) is 17.2 Å². The van der Waals surface area contributed by atoms with Gasteiger partial charge in [0, 0.05) is 50.1 Å². The minimum absolute atomic E-state index is 0.0388. The first-order valence-corrected chi connectivity index (χ1v) is 15.9. The molecule has 0 unspecified atom stereocenters. The summed E-state index contributed by atoms with van der Waals surface area (Å²) < 4.78 is 55.2. The van der Waals surface area contributed by atoms with Gasteiger partial charge in [0.1, 0.15) is 11.9 Å². The molecule has 2 aromatic carbocycles. The lowest BCUT2D eigenvalue weighted by molar-refractivity contribution is -0.147. The number of aliphatic carboxylic acids is 1. The lowest BCUT2D eigenvalue weighted by atomic mass is 9.85. The fourth-order valence-corrected chi connectivity index (χ4v) is 7.41. The van der Waals surface area contributed by atoms with Crippen molar-refractivity contribution in [2.24, 2.45) is 11.3 Å². The number of alkyl halides is 3. The van der Waals surface area contributed by atoms with Gasteiger partial charge in [-0.25, -0.2) is 4.39 Å². The Morgan fingerprint density at radius 3 is 2.29 bits per heavy atom. The first-order valence-electron chi connectivity index (χ1n) is 15.9. The molecule has 3 atom stereocenters. The molecule has 3 heterocycles. The summed E-state index contributed by atoms with van der Waals surface area (Å²) in [6, 6.07) is 13.5. The maximum Gasteiger partial charge on any atom is 0.416 e. The molecule has 1 aromatic heterocycles. The van der Waals surface area contributed by atoms with E-state index in [0.29, 0.717) is 32.0 Å². The van der Waals surface area contributed by atoms with Crippen molar-refractivity contribution in [2.45, 2.75) is 77.6 Å². The number of carboxylic acids is 1. The molecule has 1 N–H and O–H groups in total. The number of hydrogen-bond acceptors (Lipinski definition) is 4. The van der Waals surface area contributed by atoms with Gasteiger partial charge in [-0.15, -0.1) is 0 Å². The molecular formula is C35H44F4N4O2. The summed E-state index contributed by atoms with van der Waals surface area (Å²) >= 11 is 0. The average Bonchev–Trinajstić information content (AvgIpc) is 3.56. The van der Waals surface area contributed by atoms with E-state index in [1.807, 2.05) is 38.4 Å². The lowest BCUT2D eigenvalue weighted by Crippen LogP contribution is -2.48. The molecule has 0 amide bonds. The van der Waals surface area contributed by atoms with Crippen LogP contribution in [0.1, 0.15) is 80.5 Å². The van der Waals surface area contributed by atoms with Gasteiger partial charge in [0.25, 0.3) is 0 Å². The number of rotatable bonds is 9. The molecule has 2 fully saturated rings. The molecule has 2 aliphatic heterocycles. The first-order chi connectivity index (χ1) is 21.2. The number of nitrogens with zero attached hydrogens (tertiary/aromatic N) is 4. The number of benzene rings is 2. The van der Waals surface area contributed by atoms with Crippen molar-refractivity contribution < 1.29 is 27.5 Å². The van der Waals surface area contributed by atoms with Gasteiger partial charge < -0.3 is 10.0 Å². The predicted molar refractivity (Wildman–Crippen MR) is 166 cm³/mol. The van der Waals surface area contributed by atoms with Gasteiger partial charge >= 0.3 is 12.1 Å². The quantitative estimate of drug-likeness (QED) is 0.258. The van der Waals surface area contributed by atoms with Crippen LogP contribution in [-0.2, 0) is 23.9 Å². The number of carbonyl (C=O) groups is 1. The van der Waals surface area contributed by atoms with E-state index in [4.69, 9.17) is 5.10 Å². The van der Waals surface area contributed by atoms with Gasteiger partial charge in [-0.1, -0.05) is 45.0 Å². The van der Waals surface area contributed by atoms with Crippen LogP contribution in [-0.4, -0.2) is 69.4 Å². The zero-order valence-corrected chi connectivity index (χ0v) is 26.5. The van der Waals surface area contributed by atoms with Crippen LogP contribution in [0.3, 0.4) is 0 Å². The molecule has 0 bridgehead atoms. The van der Waals surface area contributed by atoms with Gasteiger partial charge in [0.15, 0.2) is 0 Å². The second-order valence-electron chi connectivity index (χ2n) is 13.8. The van der Waals surface area contributed by atoms with Gasteiger partial charge in [0.2, 0.25) is 0 Å². The van der Waals surface area contributed by atoms with E-state index in [1.165, 1.54) is 23.9 Å². The standard InChI is InChI=1S/C35H44F4N4O2/c1-5-43-31(19-29(40-43)17-23-9-11-27(12-10-23)35(37,38)39)24-13-15-41(16-14-24)20-26-21-42(32(33(44)45)34(2,3)4)22-30(26)25-7-6-8-28(36)18-25/h6-12,18-19,24,26,30,32H,5,13-17,20-22H2,1-4H3,(H,44,45)/t26-,30+,32-/m0/s1. The summed E-state index contributed by atoms with van der Waals surface area (Å²) in [5.74, 6) is -0.569. The molecule has 5 rings (SSSR count). The Balaban J connectivity index is 1.25. The molecule has 0 aliphatic carbocycles. The van der Waals surface area contributed by atoms with E-state index < -0.39 is 29.2 Å². The molecule has 2 aliphatic rings. The van der Waals surface area contributed by atoms with Gasteiger partial charge in [0.05, 0.1) is 11.3 Å². The predicted octanol–water partition coefficient (Wildman–Crippen LogP) is 7.05. The monoisotopic (exact) mass is 628 g/mol. The van der Waals surface area contributed by atoms with E-state index in [2.05, 4.69) is 15.9 Å². The van der Waals surface area contributed by atoms with Crippen molar-refractivity contribution in [3.8, 4) is 0 Å². The first kappa shape index (κ1) is 33.1. The summed E-state index contributed by atoms with van der Waals surface area (Å²) in [4.78, 5) is 16.9. The zero-order valence-electron chi connectivity index (χ0n) is 26.5. The Morgan fingerprint density at radius 2 is 1.71 bits per heavy atom. The number of carboxylic acid groups (broad SMARTS) is 1. The normalized spacial score (nSPS) is 21.3. The number of aromatic nitrogens is 2. The van der Waals surface area contributed by atoms with E-state index in [1.54, 1.807) is 12.1 Å². The molecule has 0 spiro atoms. The highest BCUT2D eigenvalue weighted by molar-refractivity contribution is 5.74. The second-order valence-corrected chi connectivity index (χ2v) is 13.8. The summed E-state index contributed by atoms with van der Waals surface area (Å²) in [6.07, 6.45) is -1.98. The SMILES string of the molecule is CCn1nc(Cc2ccc(C(F)(F)F)cc2)cc1C1CCN(C[C@H]2CN([C@@H](C(=O)O)C(C)(C)C)C[C@@H]2c2cccc(F)c2)CC1. The third-order valence-corrected chi connectivity index (χ3v) is 9.49. The molecule has 45 heavy (non-hydrogen) atoms. The number of likely N-dealkylation sites (tertiary alicyclic amines) is 2. The van der Waals surface area contributed by atoms with Crippen LogP contribution < -0.4 is 0 Å². The summed E-state index contributed by atoms with van der Waals surface area (Å²) in [5, 5.41) is 14.9. The molecule has 10 heteroatoms. The molecule has 244 valence electrons. The van der Waals surface area contributed by atoms with Gasteiger partial charge in [-0.3, -0.25) is 14.4 Å². The number of hydrogen-bond donors (Lipinski definition) is 1. The van der Waals surface area contributed by atoms with Crippen LogP contribution in [0.2, 0.25) is 0 Å². The molecule has 3 aromatic rings. The number of aryl methyl sites for hydroxylation is 1.